The first-order valence-corrected chi connectivity index (χ1v) is 7.58. The molecule has 0 aliphatic carbocycles. The zero-order valence-electron chi connectivity index (χ0n) is 12.4. The molecule has 0 saturated carbocycles. The lowest BCUT2D eigenvalue weighted by Crippen LogP contribution is -2.03. The van der Waals surface area contributed by atoms with Crippen LogP contribution in [0, 0.1) is 0 Å². The van der Waals surface area contributed by atoms with Crippen molar-refractivity contribution < 1.29 is 14.6 Å². The van der Waals surface area contributed by atoms with E-state index in [1.54, 1.807) is 26.4 Å². The van der Waals surface area contributed by atoms with Gasteiger partial charge in [0.25, 0.3) is 0 Å². The molecule has 21 heavy (non-hydrogen) atoms. The third-order valence-electron chi connectivity index (χ3n) is 3.50. The first-order chi connectivity index (χ1) is 10.1. The zero-order chi connectivity index (χ0) is 15.4. The van der Waals surface area contributed by atoms with Crippen LogP contribution < -0.4 is 9.47 Å². The molecule has 0 aliphatic heterocycles. The molecule has 0 aromatic heterocycles. The Balaban J connectivity index is 2.43. The van der Waals surface area contributed by atoms with Crippen molar-refractivity contribution in [2.24, 2.45) is 0 Å². The molecule has 112 valence electrons. The summed E-state index contributed by atoms with van der Waals surface area (Å²) in [5.41, 5.74) is 2.75. The molecule has 1 N–H and O–H groups in total. The van der Waals surface area contributed by atoms with Gasteiger partial charge in [-0.3, -0.25) is 0 Å². The highest BCUT2D eigenvalue weighted by molar-refractivity contribution is 9.10. The van der Waals surface area contributed by atoms with E-state index < -0.39 is 6.10 Å². The number of halogens is 1. The van der Waals surface area contributed by atoms with E-state index in [1.807, 2.05) is 24.3 Å². The van der Waals surface area contributed by atoms with Crippen molar-refractivity contribution in [2.45, 2.75) is 19.4 Å². The molecule has 0 heterocycles. The van der Waals surface area contributed by atoms with Gasteiger partial charge in [0.05, 0.1) is 18.7 Å². The first kappa shape index (κ1) is 15.9. The molecule has 0 bridgehead atoms. The highest BCUT2D eigenvalue weighted by Crippen LogP contribution is 2.37. The maximum atomic E-state index is 10.6. The van der Waals surface area contributed by atoms with Gasteiger partial charge in [0.1, 0.15) is 17.6 Å². The average molecular weight is 351 g/mol. The zero-order valence-corrected chi connectivity index (χ0v) is 14.0. The largest absolute Gasteiger partial charge is 0.496 e. The van der Waals surface area contributed by atoms with Gasteiger partial charge in [-0.05, 0) is 45.6 Å². The Morgan fingerprint density at radius 2 is 1.67 bits per heavy atom. The van der Waals surface area contributed by atoms with Gasteiger partial charge in [0.2, 0.25) is 0 Å². The molecule has 2 aromatic rings. The van der Waals surface area contributed by atoms with Crippen LogP contribution in [0.1, 0.15) is 29.7 Å². The lowest BCUT2D eigenvalue weighted by atomic mass is 9.99. The third kappa shape index (κ3) is 3.39. The summed E-state index contributed by atoms with van der Waals surface area (Å²) in [5.74, 6) is 1.28. The maximum Gasteiger partial charge on any atom is 0.133 e. The highest BCUT2D eigenvalue weighted by Gasteiger charge is 2.18. The number of rotatable bonds is 5. The Hall–Kier alpha value is -1.52. The van der Waals surface area contributed by atoms with Gasteiger partial charge in [-0.1, -0.05) is 31.2 Å². The number of aliphatic hydroxyl groups excluding tert-OH is 1. The second kappa shape index (κ2) is 6.96. The summed E-state index contributed by atoms with van der Waals surface area (Å²) in [6.07, 6.45) is 0.221. The van der Waals surface area contributed by atoms with E-state index in [0.717, 1.165) is 16.5 Å². The molecule has 1 unspecified atom stereocenters. The average Bonchev–Trinajstić information content (AvgIpc) is 2.54. The maximum absolute atomic E-state index is 10.6. The van der Waals surface area contributed by atoms with Crippen LogP contribution in [0.5, 0.6) is 11.5 Å². The van der Waals surface area contributed by atoms with Gasteiger partial charge in [0, 0.05) is 5.56 Å². The molecule has 0 spiro atoms. The van der Waals surface area contributed by atoms with Gasteiger partial charge < -0.3 is 14.6 Å². The summed E-state index contributed by atoms with van der Waals surface area (Å²) in [7, 11) is 3.18. The monoisotopic (exact) mass is 350 g/mol. The summed E-state index contributed by atoms with van der Waals surface area (Å²) in [5, 5.41) is 10.6. The van der Waals surface area contributed by atoms with Gasteiger partial charge in [-0.2, -0.15) is 0 Å². The minimum atomic E-state index is -0.757. The van der Waals surface area contributed by atoms with Crippen LogP contribution in [0.25, 0.3) is 0 Å². The molecule has 2 aromatic carbocycles. The van der Waals surface area contributed by atoms with Crippen molar-refractivity contribution in [1.82, 2.24) is 0 Å². The molecule has 0 fully saturated rings. The van der Waals surface area contributed by atoms with Crippen molar-refractivity contribution in [1.29, 1.82) is 0 Å². The van der Waals surface area contributed by atoms with E-state index in [-0.39, 0.29) is 0 Å². The summed E-state index contributed by atoms with van der Waals surface area (Å²) in [4.78, 5) is 0. The number of aliphatic hydroxyl groups is 1. The molecule has 1 atom stereocenters. The van der Waals surface area contributed by atoms with Gasteiger partial charge in [-0.15, -0.1) is 0 Å². The quantitative estimate of drug-likeness (QED) is 0.881. The van der Waals surface area contributed by atoms with E-state index in [2.05, 4.69) is 22.9 Å². The van der Waals surface area contributed by atoms with E-state index in [0.29, 0.717) is 17.1 Å². The van der Waals surface area contributed by atoms with Crippen molar-refractivity contribution in [3.05, 3.63) is 57.6 Å². The Kier molecular flexibility index (Phi) is 5.26. The second-order valence-corrected chi connectivity index (χ2v) is 5.58. The molecule has 2 rings (SSSR count). The minimum absolute atomic E-state index is 0.620. The Bertz CT molecular complexity index is 608. The summed E-state index contributed by atoms with van der Waals surface area (Å²) >= 11 is 3.42. The normalized spacial score (nSPS) is 12.0. The summed E-state index contributed by atoms with van der Waals surface area (Å²) in [6.45, 7) is 2.11. The van der Waals surface area contributed by atoms with Crippen molar-refractivity contribution >= 4 is 15.9 Å². The lowest BCUT2D eigenvalue weighted by molar-refractivity contribution is 0.214. The van der Waals surface area contributed by atoms with Crippen LogP contribution in [-0.4, -0.2) is 19.3 Å². The number of ether oxygens (including phenoxy) is 2. The first-order valence-electron chi connectivity index (χ1n) is 6.79. The molecule has 0 saturated heterocycles. The molecule has 0 aliphatic rings. The summed E-state index contributed by atoms with van der Waals surface area (Å²) < 4.78 is 11.5. The lowest BCUT2D eigenvalue weighted by Gasteiger charge is -2.17. The van der Waals surface area contributed by atoms with Crippen LogP contribution in [0.2, 0.25) is 0 Å². The number of aryl methyl sites for hydroxylation is 1. The topological polar surface area (TPSA) is 38.7 Å². The molecule has 0 amide bonds. The molecule has 3 nitrogen and oxygen atoms in total. The van der Waals surface area contributed by atoms with E-state index in [4.69, 9.17) is 9.47 Å². The van der Waals surface area contributed by atoms with Crippen LogP contribution in [0.15, 0.2) is 40.9 Å². The fourth-order valence-corrected chi connectivity index (χ4v) is 2.70. The predicted octanol–water partition coefficient (Wildman–Crippen LogP) is 4.11. The Labute approximate surface area is 133 Å². The van der Waals surface area contributed by atoms with Crippen LogP contribution in [0.4, 0.5) is 0 Å². The number of hydrogen-bond acceptors (Lipinski definition) is 3. The summed E-state index contributed by atoms with van der Waals surface area (Å²) in [6, 6.07) is 11.5. The Morgan fingerprint density at radius 1 is 1.05 bits per heavy atom. The number of hydrogen-bond donors (Lipinski definition) is 1. The number of benzene rings is 2. The van der Waals surface area contributed by atoms with E-state index >= 15 is 0 Å². The van der Waals surface area contributed by atoms with E-state index in [1.165, 1.54) is 5.56 Å². The second-order valence-electron chi connectivity index (χ2n) is 4.73. The van der Waals surface area contributed by atoms with Crippen molar-refractivity contribution in [3.8, 4) is 11.5 Å². The third-order valence-corrected chi connectivity index (χ3v) is 4.12. The predicted molar refractivity (Wildman–Crippen MR) is 87.1 cm³/mol. The molecular weight excluding hydrogens is 332 g/mol. The number of methoxy groups -OCH3 is 2. The highest BCUT2D eigenvalue weighted by atomic mass is 79.9. The SMILES string of the molecule is CCc1ccc(C(O)c2cc(OC)c(Br)cc2OC)cc1. The van der Waals surface area contributed by atoms with Gasteiger partial charge in [0.15, 0.2) is 0 Å². The minimum Gasteiger partial charge on any atom is -0.496 e. The fraction of sp³-hybridized carbons (Fsp3) is 0.294. The van der Waals surface area contributed by atoms with Crippen LogP contribution >= 0.6 is 15.9 Å². The van der Waals surface area contributed by atoms with Gasteiger partial charge in [-0.25, -0.2) is 0 Å². The molecule has 4 heteroatoms. The standard InChI is InChI=1S/C17H19BrO3/c1-4-11-5-7-12(8-6-11)17(19)13-9-16(21-3)14(18)10-15(13)20-2/h5-10,17,19H,4H2,1-3H3. The molecule has 0 radical (unpaired) electrons. The van der Waals surface area contributed by atoms with E-state index in [9.17, 15) is 5.11 Å². The van der Waals surface area contributed by atoms with Crippen LogP contribution in [0.3, 0.4) is 0 Å². The van der Waals surface area contributed by atoms with Crippen molar-refractivity contribution in [3.63, 3.8) is 0 Å². The van der Waals surface area contributed by atoms with Gasteiger partial charge >= 0.3 is 0 Å². The Morgan fingerprint density at radius 3 is 2.19 bits per heavy atom. The van der Waals surface area contributed by atoms with Crippen molar-refractivity contribution in [2.75, 3.05) is 14.2 Å². The molecular formula is C17H19BrO3. The fourth-order valence-electron chi connectivity index (χ4n) is 2.21. The van der Waals surface area contributed by atoms with Crippen LogP contribution in [-0.2, 0) is 6.42 Å². The smallest absolute Gasteiger partial charge is 0.133 e.